The van der Waals surface area contributed by atoms with Crippen LogP contribution < -0.4 is 0 Å². The van der Waals surface area contributed by atoms with Gasteiger partial charge in [0.1, 0.15) is 4.90 Å². The van der Waals surface area contributed by atoms with E-state index in [0.29, 0.717) is 0 Å². The molecule has 0 amide bonds. The standard InChI is InChI=1S/C12H16ClNO3S/c1-9(2)12(15)7-14(8-12)18(16,17)11-6-4-3-5-10(11)13/h3-6,9,15H,7-8H2,1-2H3. The van der Waals surface area contributed by atoms with E-state index in [4.69, 9.17) is 11.6 Å². The normalized spacial score (nSPS) is 19.8. The molecule has 1 heterocycles. The Labute approximate surface area is 112 Å². The molecule has 6 heteroatoms. The van der Waals surface area contributed by atoms with E-state index in [1.54, 1.807) is 18.2 Å². The van der Waals surface area contributed by atoms with Crippen LogP contribution in [0.3, 0.4) is 0 Å². The van der Waals surface area contributed by atoms with Gasteiger partial charge in [0.25, 0.3) is 0 Å². The van der Waals surface area contributed by atoms with Crippen LogP contribution in [0.15, 0.2) is 29.2 Å². The highest BCUT2D eigenvalue weighted by molar-refractivity contribution is 7.89. The smallest absolute Gasteiger partial charge is 0.244 e. The molecule has 0 saturated carbocycles. The third-order valence-corrected chi connectivity index (χ3v) is 5.72. The molecule has 0 bridgehead atoms. The van der Waals surface area contributed by atoms with Gasteiger partial charge in [-0.05, 0) is 18.1 Å². The SMILES string of the molecule is CC(C)C1(O)CN(S(=O)(=O)c2ccccc2Cl)C1. The summed E-state index contributed by atoms with van der Waals surface area (Å²) in [6.45, 7) is 4.00. The summed E-state index contributed by atoms with van der Waals surface area (Å²) in [7, 11) is -3.60. The first-order chi connectivity index (χ1) is 8.27. The number of β-amino-alcohol motifs (C(OH)–C–C–N with tert-alkyl or cyclic N) is 1. The highest BCUT2D eigenvalue weighted by atomic mass is 35.5. The van der Waals surface area contributed by atoms with Crippen LogP contribution in [0.5, 0.6) is 0 Å². The van der Waals surface area contributed by atoms with E-state index in [1.807, 2.05) is 13.8 Å². The predicted octanol–water partition coefficient (Wildman–Crippen LogP) is 1.73. The summed E-state index contributed by atoms with van der Waals surface area (Å²) in [6.07, 6.45) is 0. The molecule has 1 saturated heterocycles. The lowest BCUT2D eigenvalue weighted by molar-refractivity contribution is -0.0932. The first kappa shape index (κ1) is 13.8. The van der Waals surface area contributed by atoms with Crippen LogP contribution in [-0.2, 0) is 10.0 Å². The Kier molecular flexibility index (Phi) is 3.44. The number of aliphatic hydroxyl groups is 1. The third-order valence-electron chi connectivity index (χ3n) is 3.43. The Morgan fingerprint density at radius 3 is 2.39 bits per heavy atom. The van der Waals surface area contributed by atoms with Crippen LogP contribution in [0.1, 0.15) is 13.8 Å². The van der Waals surface area contributed by atoms with Crippen molar-refractivity contribution in [2.45, 2.75) is 24.3 Å². The molecule has 1 N–H and O–H groups in total. The molecule has 1 aromatic rings. The van der Waals surface area contributed by atoms with Gasteiger partial charge in [-0.2, -0.15) is 4.31 Å². The van der Waals surface area contributed by atoms with Gasteiger partial charge in [-0.15, -0.1) is 0 Å². The van der Waals surface area contributed by atoms with Crippen LogP contribution in [0.25, 0.3) is 0 Å². The van der Waals surface area contributed by atoms with E-state index in [2.05, 4.69) is 0 Å². The zero-order valence-corrected chi connectivity index (χ0v) is 11.9. The van der Waals surface area contributed by atoms with Gasteiger partial charge >= 0.3 is 0 Å². The molecule has 1 aliphatic heterocycles. The van der Waals surface area contributed by atoms with Crippen LogP contribution in [0.4, 0.5) is 0 Å². The Balaban J connectivity index is 2.24. The van der Waals surface area contributed by atoms with Gasteiger partial charge in [0.05, 0.1) is 10.6 Å². The molecule has 0 atom stereocenters. The van der Waals surface area contributed by atoms with E-state index in [0.717, 1.165) is 0 Å². The summed E-state index contributed by atoms with van der Waals surface area (Å²) in [5, 5.41) is 10.3. The molecule has 1 aromatic carbocycles. The molecule has 0 unspecified atom stereocenters. The lowest BCUT2D eigenvalue weighted by Gasteiger charge is -2.47. The zero-order chi connectivity index (χ0) is 13.6. The van der Waals surface area contributed by atoms with E-state index >= 15 is 0 Å². The summed E-state index contributed by atoms with van der Waals surface area (Å²) >= 11 is 5.90. The first-order valence-electron chi connectivity index (χ1n) is 5.74. The largest absolute Gasteiger partial charge is 0.387 e. The van der Waals surface area contributed by atoms with Gasteiger partial charge in [-0.1, -0.05) is 37.6 Å². The molecule has 1 aliphatic rings. The molecular weight excluding hydrogens is 274 g/mol. The van der Waals surface area contributed by atoms with Gasteiger partial charge in [0.15, 0.2) is 0 Å². The molecule has 1 fully saturated rings. The Morgan fingerprint density at radius 1 is 1.33 bits per heavy atom. The van der Waals surface area contributed by atoms with Gasteiger partial charge in [0, 0.05) is 13.1 Å². The second-order valence-corrected chi connectivity index (χ2v) is 7.28. The van der Waals surface area contributed by atoms with Crippen LogP contribution in [0.2, 0.25) is 5.02 Å². The Bertz CT molecular complexity index is 550. The van der Waals surface area contributed by atoms with Crippen molar-refractivity contribution in [3.05, 3.63) is 29.3 Å². The van der Waals surface area contributed by atoms with Crippen molar-refractivity contribution < 1.29 is 13.5 Å². The summed E-state index contributed by atoms with van der Waals surface area (Å²) in [5.74, 6) is 0.0233. The molecule has 2 rings (SSSR count). The molecule has 100 valence electrons. The van der Waals surface area contributed by atoms with Crippen molar-refractivity contribution in [3.63, 3.8) is 0 Å². The molecule has 0 radical (unpaired) electrons. The van der Waals surface area contributed by atoms with Crippen molar-refractivity contribution in [2.75, 3.05) is 13.1 Å². The second kappa shape index (κ2) is 4.49. The quantitative estimate of drug-likeness (QED) is 0.922. The summed E-state index contributed by atoms with van der Waals surface area (Å²) < 4.78 is 25.8. The fraction of sp³-hybridized carbons (Fsp3) is 0.500. The summed E-state index contributed by atoms with van der Waals surface area (Å²) in [6, 6.07) is 6.34. The highest BCUT2D eigenvalue weighted by Gasteiger charge is 2.49. The first-order valence-corrected chi connectivity index (χ1v) is 7.56. The number of benzene rings is 1. The summed E-state index contributed by atoms with van der Waals surface area (Å²) in [5.41, 5.74) is -0.922. The van der Waals surface area contributed by atoms with Crippen molar-refractivity contribution in [3.8, 4) is 0 Å². The lowest BCUT2D eigenvalue weighted by atomic mass is 9.85. The number of rotatable bonds is 3. The fourth-order valence-corrected chi connectivity index (χ4v) is 3.95. The number of hydrogen-bond donors (Lipinski definition) is 1. The highest BCUT2D eigenvalue weighted by Crippen LogP contribution is 2.34. The van der Waals surface area contributed by atoms with Crippen molar-refractivity contribution in [2.24, 2.45) is 5.92 Å². The van der Waals surface area contributed by atoms with Crippen LogP contribution in [0, 0.1) is 5.92 Å². The van der Waals surface area contributed by atoms with Crippen molar-refractivity contribution in [1.29, 1.82) is 0 Å². The topological polar surface area (TPSA) is 57.6 Å². The van der Waals surface area contributed by atoms with Crippen LogP contribution >= 0.6 is 11.6 Å². The fourth-order valence-electron chi connectivity index (χ4n) is 1.89. The maximum atomic E-state index is 12.3. The minimum absolute atomic E-state index is 0.0233. The number of hydrogen-bond acceptors (Lipinski definition) is 3. The van der Waals surface area contributed by atoms with Gasteiger partial charge in [0.2, 0.25) is 10.0 Å². The van der Waals surface area contributed by atoms with Crippen molar-refractivity contribution in [1.82, 2.24) is 4.31 Å². The summed E-state index contributed by atoms with van der Waals surface area (Å²) in [4.78, 5) is 0.0949. The van der Waals surface area contributed by atoms with Crippen molar-refractivity contribution >= 4 is 21.6 Å². The molecular formula is C12H16ClNO3S. The van der Waals surface area contributed by atoms with E-state index in [1.165, 1.54) is 10.4 Å². The zero-order valence-electron chi connectivity index (χ0n) is 10.3. The van der Waals surface area contributed by atoms with E-state index < -0.39 is 15.6 Å². The van der Waals surface area contributed by atoms with E-state index in [9.17, 15) is 13.5 Å². The average Bonchev–Trinajstić information content (AvgIpc) is 2.24. The molecule has 0 spiro atoms. The third kappa shape index (κ3) is 2.16. The minimum Gasteiger partial charge on any atom is -0.387 e. The van der Waals surface area contributed by atoms with Gasteiger partial charge < -0.3 is 5.11 Å². The minimum atomic E-state index is -3.60. The monoisotopic (exact) mass is 289 g/mol. The maximum Gasteiger partial charge on any atom is 0.244 e. The number of halogens is 1. The maximum absolute atomic E-state index is 12.3. The molecule has 0 aliphatic carbocycles. The number of sulfonamides is 1. The average molecular weight is 290 g/mol. The predicted molar refractivity (Wildman–Crippen MR) is 70.0 cm³/mol. The van der Waals surface area contributed by atoms with Crippen LogP contribution in [-0.4, -0.2) is 36.5 Å². The molecule has 4 nitrogen and oxygen atoms in total. The second-order valence-electron chi connectivity index (χ2n) is 4.96. The van der Waals surface area contributed by atoms with E-state index in [-0.39, 0.29) is 28.9 Å². The Morgan fingerprint density at radius 2 is 1.89 bits per heavy atom. The Hall–Kier alpha value is -0.620. The van der Waals surface area contributed by atoms with Gasteiger partial charge in [-0.25, -0.2) is 8.42 Å². The molecule has 0 aromatic heterocycles. The van der Waals surface area contributed by atoms with Gasteiger partial charge in [-0.3, -0.25) is 0 Å². The molecule has 18 heavy (non-hydrogen) atoms. The number of nitrogens with zero attached hydrogens (tertiary/aromatic N) is 1. The lowest BCUT2D eigenvalue weighted by Crippen LogP contribution is -2.65.